The second-order valence-electron chi connectivity index (χ2n) is 6.57. The highest BCUT2D eigenvalue weighted by Gasteiger charge is 2.26. The van der Waals surface area contributed by atoms with Gasteiger partial charge in [0.2, 0.25) is 0 Å². The Bertz CT molecular complexity index is 1110. The number of aryl methyl sites for hydroxylation is 1. The van der Waals surface area contributed by atoms with Crippen LogP contribution in [0.5, 0.6) is 0 Å². The van der Waals surface area contributed by atoms with E-state index in [2.05, 4.69) is 16.4 Å². The third-order valence-corrected chi connectivity index (χ3v) is 5.64. The van der Waals surface area contributed by atoms with Crippen LogP contribution in [0.25, 0.3) is 0 Å². The van der Waals surface area contributed by atoms with E-state index in [9.17, 15) is 14.9 Å². The van der Waals surface area contributed by atoms with Crippen LogP contribution in [0.2, 0.25) is 0 Å². The number of thioether (sulfide) groups is 1. The molecular weight excluding hydrogens is 410 g/mol. The zero-order valence-electron chi connectivity index (χ0n) is 17.2. The molecule has 1 N–H and O–H groups in total. The van der Waals surface area contributed by atoms with Crippen molar-refractivity contribution in [3.05, 3.63) is 89.1 Å². The van der Waals surface area contributed by atoms with Crippen LogP contribution >= 0.6 is 11.8 Å². The lowest BCUT2D eigenvalue weighted by molar-refractivity contribution is -0.142. The number of esters is 1. The topological polar surface area (TPSA) is 92.1 Å². The largest absolute Gasteiger partial charge is 0.465 e. The Morgan fingerprint density at radius 3 is 2.39 bits per heavy atom. The molecule has 0 spiro atoms. The van der Waals surface area contributed by atoms with Crippen molar-refractivity contribution in [1.82, 2.24) is 4.98 Å². The number of benzene rings is 2. The Balaban J connectivity index is 1.92. The molecule has 1 unspecified atom stereocenters. The number of amides is 1. The molecule has 0 aliphatic heterocycles. The molecule has 1 aromatic heterocycles. The summed E-state index contributed by atoms with van der Waals surface area (Å²) >= 11 is 1.14. The van der Waals surface area contributed by atoms with Gasteiger partial charge in [-0.25, -0.2) is 4.98 Å². The summed E-state index contributed by atoms with van der Waals surface area (Å²) in [6, 6.07) is 21.8. The minimum absolute atomic E-state index is 0.221. The van der Waals surface area contributed by atoms with Gasteiger partial charge in [0.15, 0.2) is 0 Å². The first-order valence-electron chi connectivity index (χ1n) is 9.69. The lowest BCUT2D eigenvalue weighted by atomic mass is 10.1. The molecule has 0 saturated carbocycles. The maximum atomic E-state index is 12.7. The summed E-state index contributed by atoms with van der Waals surface area (Å²) in [7, 11) is 0. The van der Waals surface area contributed by atoms with Gasteiger partial charge in [-0.15, -0.1) is 0 Å². The molecule has 0 radical (unpaired) electrons. The number of pyridine rings is 1. The molecule has 156 valence electrons. The third-order valence-electron chi connectivity index (χ3n) is 4.41. The van der Waals surface area contributed by atoms with E-state index in [0.29, 0.717) is 22.0 Å². The molecule has 6 nitrogen and oxygen atoms in total. The van der Waals surface area contributed by atoms with Crippen LogP contribution < -0.4 is 5.32 Å². The first-order valence-corrected chi connectivity index (χ1v) is 10.6. The van der Waals surface area contributed by atoms with Crippen molar-refractivity contribution >= 4 is 29.3 Å². The van der Waals surface area contributed by atoms with Crippen LogP contribution in [0.3, 0.4) is 0 Å². The summed E-state index contributed by atoms with van der Waals surface area (Å²) in [4.78, 5) is 29.8. The number of nitriles is 1. The summed E-state index contributed by atoms with van der Waals surface area (Å²) in [5.74, 6) is -0.762. The Morgan fingerprint density at radius 1 is 1.13 bits per heavy atom. The van der Waals surface area contributed by atoms with E-state index in [-0.39, 0.29) is 18.1 Å². The second kappa shape index (κ2) is 10.4. The van der Waals surface area contributed by atoms with E-state index < -0.39 is 11.2 Å². The minimum Gasteiger partial charge on any atom is -0.465 e. The highest BCUT2D eigenvalue weighted by molar-refractivity contribution is 8.00. The van der Waals surface area contributed by atoms with Gasteiger partial charge >= 0.3 is 5.97 Å². The van der Waals surface area contributed by atoms with Crippen molar-refractivity contribution in [2.24, 2.45) is 0 Å². The van der Waals surface area contributed by atoms with Crippen LogP contribution in [0.1, 0.15) is 39.4 Å². The lowest BCUT2D eigenvalue weighted by Gasteiger charge is -2.17. The number of nitrogens with one attached hydrogen (secondary N) is 1. The average Bonchev–Trinajstić information content (AvgIpc) is 2.78. The van der Waals surface area contributed by atoms with Gasteiger partial charge in [0.05, 0.1) is 23.4 Å². The number of rotatable bonds is 7. The predicted molar refractivity (Wildman–Crippen MR) is 120 cm³/mol. The highest BCUT2D eigenvalue weighted by Crippen LogP contribution is 2.37. The molecule has 1 amide bonds. The molecule has 0 aliphatic rings. The van der Waals surface area contributed by atoms with E-state index in [1.807, 2.05) is 48.5 Å². The normalized spacial score (nSPS) is 11.3. The average molecular weight is 432 g/mol. The van der Waals surface area contributed by atoms with Gasteiger partial charge in [0.25, 0.3) is 5.91 Å². The van der Waals surface area contributed by atoms with E-state index in [4.69, 9.17) is 4.74 Å². The molecular formula is C24H21N3O3S. The fourth-order valence-corrected chi connectivity index (χ4v) is 4.01. The lowest BCUT2D eigenvalue weighted by Crippen LogP contribution is -2.16. The Kier molecular flexibility index (Phi) is 7.41. The molecule has 0 aliphatic carbocycles. The number of hydrogen-bond acceptors (Lipinski definition) is 6. The van der Waals surface area contributed by atoms with Gasteiger partial charge in [0.1, 0.15) is 16.3 Å². The summed E-state index contributed by atoms with van der Waals surface area (Å²) in [6.07, 6.45) is 0. The molecule has 7 heteroatoms. The minimum atomic E-state index is -0.677. The van der Waals surface area contributed by atoms with E-state index in [1.165, 1.54) is 6.07 Å². The Morgan fingerprint density at radius 2 is 1.77 bits per heavy atom. The van der Waals surface area contributed by atoms with Crippen LogP contribution in [0.4, 0.5) is 5.69 Å². The molecule has 0 fully saturated rings. The molecule has 31 heavy (non-hydrogen) atoms. The highest BCUT2D eigenvalue weighted by atomic mass is 32.2. The number of anilines is 1. The summed E-state index contributed by atoms with van der Waals surface area (Å²) in [6.45, 7) is 3.69. The van der Waals surface area contributed by atoms with Crippen molar-refractivity contribution in [3.63, 3.8) is 0 Å². The van der Waals surface area contributed by atoms with Crippen molar-refractivity contribution in [2.45, 2.75) is 24.1 Å². The summed E-state index contributed by atoms with van der Waals surface area (Å²) in [5.41, 5.74) is 2.39. The number of aromatic nitrogens is 1. The fraction of sp³-hybridized carbons (Fsp3) is 0.167. The van der Waals surface area contributed by atoms with Crippen molar-refractivity contribution in [1.29, 1.82) is 5.26 Å². The van der Waals surface area contributed by atoms with Gasteiger partial charge in [-0.2, -0.15) is 5.26 Å². The number of carbonyl (C=O) groups is 2. The summed E-state index contributed by atoms with van der Waals surface area (Å²) in [5, 5.41) is 12.2. The monoisotopic (exact) mass is 431 g/mol. The zero-order valence-corrected chi connectivity index (χ0v) is 18.0. The first-order chi connectivity index (χ1) is 15.0. The Labute approximate surface area is 185 Å². The number of hydrogen-bond donors (Lipinski definition) is 1. The van der Waals surface area contributed by atoms with E-state index in [0.717, 1.165) is 17.3 Å². The van der Waals surface area contributed by atoms with E-state index in [1.54, 1.807) is 26.0 Å². The Hall–Kier alpha value is -3.63. The molecule has 0 saturated heterocycles. The quantitative estimate of drug-likeness (QED) is 0.422. The predicted octanol–water partition coefficient (Wildman–Crippen LogP) is 4.91. The van der Waals surface area contributed by atoms with Crippen molar-refractivity contribution in [2.75, 3.05) is 11.9 Å². The zero-order chi connectivity index (χ0) is 22.2. The number of nitrogens with zero attached hydrogens (tertiary/aromatic N) is 2. The molecule has 1 heterocycles. The molecule has 1 atom stereocenters. The molecule has 2 aromatic carbocycles. The smallest absolute Gasteiger partial charge is 0.324 e. The second-order valence-corrected chi connectivity index (χ2v) is 7.66. The van der Waals surface area contributed by atoms with Crippen molar-refractivity contribution < 1.29 is 14.3 Å². The SMILES string of the molecule is CCOC(=O)C(Sc1nc(C)c(C(=O)Nc2ccccc2)cc1C#N)c1ccccc1. The standard InChI is InChI=1S/C24H21N3O3S/c1-3-30-24(29)21(17-10-6-4-7-11-17)31-23-18(15-25)14-20(16(2)26-23)22(28)27-19-12-8-5-9-13-19/h4-14,21H,3H2,1-2H3,(H,27,28). The maximum absolute atomic E-state index is 12.7. The van der Waals surface area contributed by atoms with Gasteiger partial charge < -0.3 is 10.1 Å². The van der Waals surface area contributed by atoms with Crippen LogP contribution in [0, 0.1) is 18.3 Å². The molecule has 0 bridgehead atoms. The molecule has 3 rings (SSSR count). The molecule has 3 aromatic rings. The van der Waals surface area contributed by atoms with Crippen molar-refractivity contribution in [3.8, 4) is 6.07 Å². The fourth-order valence-electron chi connectivity index (χ4n) is 2.91. The number of para-hydroxylation sites is 1. The van der Waals surface area contributed by atoms with Crippen LogP contribution in [0.15, 0.2) is 71.8 Å². The number of ether oxygens (including phenoxy) is 1. The first kappa shape index (κ1) is 22.1. The van der Waals surface area contributed by atoms with Gasteiger partial charge in [-0.3, -0.25) is 9.59 Å². The summed E-state index contributed by atoms with van der Waals surface area (Å²) < 4.78 is 5.23. The van der Waals surface area contributed by atoms with Gasteiger partial charge in [0, 0.05) is 5.69 Å². The van der Waals surface area contributed by atoms with E-state index >= 15 is 0 Å². The van der Waals surface area contributed by atoms with Crippen LogP contribution in [-0.2, 0) is 9.53 Å². The van der Waals surface area contributed by atoms with Crippen LogP contribution in [-0.4, -0.2) is 23.5 Å². The third kappa shape index (κ3) is 5.50. The van der Waals surface area contributed by atoms with Gasteiger partial charge in [-0.05, 0) is 37.6 Å². The van der Waals surface area contributed by atoms with Gasteiger partial charge in [-0.1, -0.05) is 60.3 Å². The number of carbonyl (C=O) groups excluding carboxylic acids is 2. The maximum Gasteiger partial charge on any atom is 0.324 e.